The van der Waals surface area contributed by atoms with E-state index in [1.807, 2.05) is 0 Å². The second kappa shape index (κ2) is 11.2. The maximum absolute atomic E-state index is 13.7. The summed E-state index contributed by atoms with van der Waals surface area (Å²) in [5.74, 6) is -1.63. The van der Waals surface area contributed by atoms with E-state index in [1.54, 1.807) is 19.1 Å². The normalized spacial score (nSPS) is 15.2. The number of thiophene rings is 1. The van der Waals surface area contributed by atoms with Crippen LogP contribution in [0.1, 0.15) is 22.2 Å². The van der Waals surface area contributed by atoms with Gasteiger partial charge in [0.2, 0.25) is 5.91 Å². The van der Waals surface area contributed by atoms with Gasteiger partial charge in [0.05, 0.1) is 27.1 Å². The quantitative estimate of drug-likeness (QED) is 0.498. The van der Waals surface area contributed by atoms with Gasteiger partial charge in [-0.1, -0.05) is 18.5 Å². The van der Waals surface area contributed by atoms with E-state index in [0.717, 1.165) is 28.4 Å². The SMILES string of the molecule is CCN[C@@H](CNC(=O)c1ccc(Cl)s1)C(=O)Nc1ccc(N2CCOCC2=O)c(C(F)(F)F)c1. The molecule has 0 radical (unpaired) electrons. The molecule has 184 valence electrons. The second-order valence-electron chi connectivity index (χ2n) is 7.24. The molecule has 1 saturated heterocycles. The molecule has 1 aliphatic rings. The zero-order valence-electron chi connectivity index (χ0n) is 18.0. The molecular formula is C21H22ClF3N4O4S. The molecule has 13 heteroatoms. The van der Waals surface area contributed by atoms with E-state index in [1.165, 1.54) is 6.07 Å². The van der Waals surface area contributed by atoms with Crippen molar-refractivity contribution in [1.82, 2.24) is 10.6 Å². The molecule has 1 fully saturated rings. The van der Waals surface area contributed by atoms with Crippen molar-refractivity contribution in [3.8, 4) is 0 Å². The first-order valence-corrected chi connectivity index (χ1v) is 11.5. The molecule has 0 unspecified atom stereocenters. The van der Waals surface area contributed by atoms with Crippen LogP contribution in [0.2, 0.25) is 4.34 Å². The van der Waals surface area contributed by atoms with Crippen LogP contribution in [0.3, 0.4) is 0 Å². The van der Waals surface area contributed by atoms with E-state index in [4.69, 9.17) is 16.3 Å². The minimum Gasteiger partial charge on any atom is -0.370 e. The Morgan fingerprint density at radius 3 is 2.65 bits per heavy atom. The Bertz CT molecular complexity index is 1060. The van der Waals surface area contributed by atoms with Crippen molar-refractivity contribution in [2.24, 2.45) is 0 Å². The molecule has 1 aliphatic heterocycles. The van der Waals surface area contributed by atoms with Gasteiger partial charge in [-0.3, -0.25) is 14.4 Å². The maximum Gasteiger partial charge on any atom is 0.418 e. The van der Waals surface area contributed by atoms with E-state index in [0.29, 0.717) is 15.8 Å². The van der Waals surface area contributed by atoms with Crippen LogP contribution in [-0.2, 0) is 20.5 Å². The number of hydrogen-bond acceptors (Lipinski definition) is 6. The predicted octanol–water partition coefficient (Wildman–Crippen LogP) is 3.13. The summed E-state index contributed by atoms with van der Waals surface area (Å²) in [6.45, 7) is 1.84. The second-order valence-corrected chi connectivity index (χ2v) is 8.96. The van der Waals surface area contributed by atoms with Crippen molar-refractivity contribution in [3.63, 3.8) is 0 Å². The van der Waals surface area contributed by atoms with Crippen LogP contribution >= 0.6 is 22.9 Å². The molecule has 0 aliphatic carbocycles. The average Bonchev–Trinajstić information content (AvgIpc) is 3.22. The number of morpholine rings is 1. The van der Waals surface area contributed by atoms with Crippen LogP contribution in [0.25, 0.3) is 0 Å². The van der Waals surface area contributed by atoms with Gasteiger partial charge >= 0.3 is 6.18 Å². The van der Waals surface area contributed by atoms with E-state index >= 15 is 0 Å². The van der Waals surface area contributed by atoms with Crippen molar-refractivity contribution in [2.45, 2.75) is 19.1 Å². The van der Waals surface area contributed by atoms with Crippen molar-refractivity contribution in [2.75, 3.05) is 43.1 Å². The van der Waals surface area contributed by atoms with Gasteiger partial charge in [-0.05, 0) is 36.9 Å². The largest absolute Gasteiger partial charge is 0.418 e. The topological polar surface area (TPSA) is 99.8 Å². The van der Waals surface area contributed by atoms with Crippen LogP contribution in [-0.4, -0.2) is 56.6 Å². The Balaban J connectivity index is 1.74. The molecule has 3 rings (SSSR count). The van der Waals surface area contributed by atoms with E-state index in [-0.39, 0.29) is 37.7 Å². The average molecular weight is 519 g/mol. The Morgan fingerprint density at radius 2 is 2.03 bits per heavy atom. The summed E-state index contributed by atoms with van der Waals surface area (Å²) in [5.41, 5.74) is -1.45. The Hall–Kier alpha value is -2.67. The lowest BCUT2D eigenvalue weighted by atomic mass is 10.1. The fourth-order valence-corrected chi connectivity index (χ4v) is 4.26. The molecule has 3 amide bonds. The number of amides is 3. The highest BCUT2D eigenvalue weighted by Crippen LogP contribution is 2.38. The van der Waals surface area contributed by atoms with Gasteiger partial charge < -0.3 is 25.6 Å². The molecule has 34 heavy (non-hydrogen) atoms. The molecular weight excluding hydrogens is 497 g/mol. The van der Waals surface area contributed by atoms with Crippen LogP contribution in [0.4, 0.5) is 24.5 Å². The zero-order chi connectivity index (χ0) is 24.9. The van der Waals surface area contributed by atoms with Crippen molar-refractivity contribution >= 4 is 52.0 Å². The highest BCUT2D eigenvalue weighted by atomic mass is 35.5. The summed E-state index contributed by atoms with van der Waals surface area (Å²) >= 11 is 6.90. The lowest BCUT2D eigenvalue weighted by Crippen LogP contribution is -2.48. The van der Waals surface area contributed by atoms with Crippen LogP contribution in [0.5, 0.6) is 0 Å². The number of hydrogen-bond donors (Lipinski definition) is 3. The molecule has 8 nitrogen and oxygen atoms in total. The predicted molar refractivity (Wildman–Crippen MR) is 122 cm³/mol. The number of likely N-dealkylation sites (N-methyl/N-ethyl adjacent to an activating group) is 1. The Morgan fingerprint density at radius 1 is 1.26 bits per heavy atom. The van der Waals surface area contributed by atoms with Gasteiger partial charge in [-0.25, -0.2) is 0 Å². The maximum atomic E-state index is 13.7. The monoisotopic (exact) mass is 518 g/mol. The third kappa shape index (κ3) is 6.47. The van der Waals surface area contributed by atoms with Gasteiger partial charge in [-0.15, -0.1) is 11.3 Å². The number of carbonyl (C=O) groups excluding carboxylic acids is 3. The number of carbonyl (C=O) groups is 3. The van der Waals surface area contributed by atoms with Gasteiger partial charge in [-0.2, -0.15) is 13.2 Å². The third-order valence-electron chi connectivity index (χ3n) is 4.88. The minimum atomic E-state index is -4.76. The fourth-order valence-electron chi connectivity index (χ4n) is 3.30. The van der Waals surface area contributed by atoms with Crippen LogP contribution < -0.4 is 20.9 Å². The summed E-state index contributed by atoms with van der Waals surface area (Å²) < 4.78 is 46.7. The highest BCUT2D eigenvalue weighted by molar-refractivity contribution is 7.18. The van der Waals surface area contributed by atoms with Gasteiger partial charge in [0.25, 0.3) is 11.8 Å². The van der Waals surface area contributed by atoms with E-state index in [9.17, 15) is 27.6 Å². The first-order valence-electron chi connectivity index (χ1n) is 10.3. The molecule has 0 spiro atoms. The minimum absolute atomic E-state index is 0.00867. The number of anilines is 2. The first kappa shape index (κ1) is 25.9. The fraction of sp³-hybridized carbons (Fsp3) is 0.381. The van der Waals surface area contributed by atoms with Crippen molar-refractivity contribution in [3.05, 3.63) is 45.1 Å². The molecule has 3 N–H and O–H groups in total. The third-order valence-corrected chi connectivity index (χ3v) is 6.11. The number of halogens is 4. The van der Waals surface area contributed by atoms with Gasteiger partial charge in [0.15, 0.2) is 0 Å². The molecule has 0 saturated carbocycles. The zero-order valence-corrected chi connectivity index (χ0v) is 19.6. The Labute approximate surface area is 202 Å². The number of nitrogens with one attached hydrogen (secondary N) is 3. The van der Waals surface area contributed by atoms with Crippen LogP contribution in [0, 0.1) is 0 Å². The summed E-state index contributed by atoms with van der Waals surface area (Å²) in [6.07, 6.45) is -4.76. The standard InChI is InChI=1S/C21H22ClF3N4O4S/c1-2-26-14(10-27-20(32)16-5-6-17(22)34-16)19(31)28-12-3-4-15(13(9-12)21(23,24)25)29-7-8-33-11-18(29)30/h3-6,9,14,26H,2,7-8,10-11H2,1H3,(H,27,32)(H,28,31)/t14-/m0/s1. The summed E-state index contributed by atoms with van der Waals surface area (Å²) in [5, 5.41) is 7.95. The molecule has 2 heterocycles. The lowest BCUT2D eigenvalue weighted by Gasteiger charge is -2.29. The number of alkyl halides is 3. The molecule has 1 aromatic carbocycles. The Kier molecular flexibility index (Phi) is 8.52. The lowest BCUT2D eigenvalue weighted by molar-refractivity contribution is -0.137. The van der Waals surface area contributed by atoms with Gasteiger partial charge in [0.1, 0.15) is 12.6 Å². The van der Waals surface area contributed by atoms with Crippen molar-refractivity contribution in [1.29, 1.82) is 0 Å². The molecule has 1 aromatic heterocycles. The summed E-state index contributed by atoms with van der Waals surface area (Å²) in [6, 6.07) is 5.43. The van der Waals surface area contributed by atoms with Crippen molar-refractivity contribution < 1.29 is 32.3 Å². The first-order chi connectivity index (χ1) is 16.1. The van der Waals surface area contributed by atoms with Crippen LogP contribution in [0.15, 0.2) is 30.3 Å². The number of benzene rings is 1. The van der Waals surface area contributed by atoms with Gasteiger partial charge in [0, 0.05) is 18.8 Å². The number of rotatable bonds is 8. The smallest absolute Gasteiger partial charge is 0.370 e. The summed E-state index contributed by atoms with van der Waals surface area (Å²) in [4.78, 5) is 38.4. The number of ether oxygens (including phenoxy) is 1. The molecule has 0 bridgehead atoms. The summed E-state index contributed by atoms with van der Waals surface area (Å²) in [7, 11) is 0. The molecule has 1 atom stereocenters. The van der Waals surface area contributed by atoms with E-state index in [2.05, 4.69) is 16.0 Å². The highest BCUT2D eigenvalue weighted by Gasteiger charge is 2.37. The number of nitrogens with zero attached hydrogens (tertiary/aromatic N) is 1. The molecule has 2 aromatic rings. The van der Waals surface area contributed by atoms with E-state index < -0.39 is 35.5 Å².